The molecule has 0 saturated carbocycles. The van der Waals surface area contributed by atoms with Gasteiger partial charge in [0.05, 0.1) is 24.8 Å². The van der Waals surface area contributed by atoms with Crippen LogP contribution in [-0.2, 0) is 17.8 Å². The average Bonchev–Trinajstić information content (AvgIpc) is 2.19. The fraction of sp³-hybridized carbons (Fsp3) is 0.455. The summed E-state index contributed by atoms with van der Waals surface area (Å²) in [5.74, 6) is 0.683. The van der Waals surface area contributed by atoms with Crippen molar-refractivity contribution in [1.29, 1.82) is 0 Å². The van der Waals surface area contributed by atoms with Gasteiger partial charge in [-0.3, -0.25) is 0 Å². The maximum absolute atomic E-state index is 6.15. The average molecular weight is 247 g/mol. The Labute approximate surface area is 99.1 Å². The van der Waals surface area contributed by atoms with Crippen LogP contribution in [0.1, 0.15) is 18.1 Å². The summed E-state index contributed by atoms with van der Waals surface area (Å²) in [6.45, 7) is 2.54. The fourth-order valence-electron chi connectivity index (χ4n) is 1.86. The van der Waals surface area contributed by atoms with Gasteiger partial charge in [0.25, 0.3) is 0 Å². The molecule has 1 heterocycles. The molecule has 2 rings (SSSR count). The van der Waals surface area contributed by atoms with Gasteiger partial charge in [-0.05, 0) is 18.6 Å². The van der Waals surface area contributed by atoms with Gasteiger partial charge in [-0.2, -0.15) is 0 Å². The first-order valence-corrected chi connectivity index (χ1v) is 5.54. The van der Waals surface area contributed by atoms with Gasteiger partial charge in [-0.1, -0.05) is 23.2 Å². The van der Waals surface area contributed by atoms with Crippen molar-refractivity contribution in [3.63, 3.8) is 0 Å². The van der Waals surface area contributed by atoms with Crippen LogP contribution in [0.3, 0.4) is 0 Å². The predicted octanol–water partition coefficient (Wildman–Crippen LogP) is 3.46. The molecule has 1 aliphatic heterocycles. The zero-order valence-electron chi connectivity index (χ0n) is 8.64. The van der Waals surface area contributed by atoms with E-state index >= 15 is 0 Å². The molecule has 1 unspecified atom stereocenters. The van der Waals surface area contributed by atoms with Crippen molar-refractivity contribution in [3.8, 4) is 5.75 Å². The molecular weight excluding hydrogens is 235 g/mol. The van der Waals surface area contributed by atoms with Crippen LogP contribution in [0.15, 0.2) is 6.07 Å². The molecule has 0 amide bonds. The predicted molar refractivity (Wildman–Crippen MR) is 61.0 cm³/mol. The number of benzene rings is 1. The molecule has 1 atom stereocenters. The fourth-order valence-corrected chi connectivity index (χ4v) is 2.51. The highest BCUT2D eigenvalue weighted by Crippen LogP contribution is 2.39. The van der Waals surface area contributed by atoms with Gasteiger partial charge in [0, 0.05) is 17.0 Å². The van der Waals surface area contributed by atoms with Crippen LogP contribution in [-0.4, -0.2) is 13.2 Å². The minimum atomic E-state index is 0.195. The first-order valence-electron chi connectivity index (χ1n) is 4.78. The lowest BCUT2D eigenvalue weighted by molar-refractivity contribution is 0.0396. The van der Waals surface area contributed by atoms with Crippen molar-refractivity contribution in [2.24, 2.45) is 0 Å². The van der Waals surface area contributed by atoms with Crippen LogP contribution in [0, 0.1) is 0 Å². The summed E-state index contributed by atoms with van der Waals surface area (Å²) < 4.78 is 10.8. The molecule has 0 aromatic heterocycles. The van der Waals surface area contributed by atoms with Crippen LogP contribution < -0.4 is 4.74 Å². The normalized spacial score (nSPS) is 19.9. The lowest BCUT2D eigenvalue weighted by Gasteiger charge is -2.25. The van der Waals surface area contributed by atoms with E-state index in [1.807, 2.05) is 6.92 Å². The summed E-state index contributed by atoms with van der Waals surface area (Å²) in [5, 5.41) is 1.24. The smallest absolute Gasteiger partial charge is 0.143 e. The zero-order chi connectivity index (χ0) is 11.0. The number of fused-ring (bicyclic) bond motifs is 1. The summed E-state index contributed by atoms with van der Waals surface area (Å²) >= 11 is 12.2. The van der Waals surface area contributed by atoms with Crippen molar-refractivity contribution in [1.82, 2.24) is 0 Å². The molecule has 0 saturated heterocycles. The largest absolute Gasteiger partial charge is 0.495 e. The topological polar surface area (TPSA) is 18.5 Å². The first-order chi connectivity index (χ1) is 7.13. The summed E-state index contributed by atoms with van der Waals surface area (Å²) in [6.07, 6.45) is 1.00. The number of rotatable bonds is 1. The van der Waals surface area contributed by atoms with Crippen LogP contribution in [0.2, 0.25) is 10.0 Å². The standard InChI is InChI=1S/C11H12Cl2O2/c1-6-3-7-8(5-15-6)11(14-2)10(13)4-9(7)12/h4,6H,3,5H2,1-2H3. The summed E-state index contributed by atoms with van der Waals surface area (Å²) in [7, 11) is 1.60. The molecule has 0 aliphatic carbocycles. The highest BCUT2D eigenvalue weighted by atomic mass is 35.5. The number of ether oxygens (including phenoxy) is 2. The molecular formula is C11H12Cl2O2. The van der Waals surface area contributed by atoms with E-state index in [2.05, 4.69) is 0 Å². The van der Waals surface area contributed by atoms with E-state index < -0.39 is 0 Å². The number of methoxy groups -OCH3 is 1. The zero-order valence-corrected chi connectivity index (χ0v) is 10.2. The molecule has 1 aromatic rings. The Bertz CT molecular complexity index is 391. The van der Waals surface area contributed by atoms with E-state index in [-0.39, 0.29) is 6.10 Å². The SMILES string of the molecule is COc1c(Cl)cc(Cl)c2c1COC(C)C2. The molecule has 15 heavy (non-hydrogen) atoms. The summed E-state index contributed by atoms with van der Waals surface area (Å²) in [5.41, 5.74) is 2.07. The van der Waals surface area contributed by atoms with Crippen molar-refractivity contribution >= 4 is 23.2 Å². The van der Waals surface area contributed by atoms with Gasteiger partial charge in [-0.15, -0.1) is 0 Å². The van der Waals surface area contributed by atoms with E-state index in [0.717, 1.165) is 17.5 Å². The second-order valence-corrected chi connectivity index (χ2v) is 4.47. The van der Waals surface area contributed by atoms with Crippen LogP contribution >= 0.6 is 23.2 Å². The lowest BCUT2D eigenvalue weighted by Crippen LogP contribution is -2.20. The number of hydrogen-bond donors (Lipinski definition) is 0. The molecule has 0 N–H and O–H groups in total. The molecule has 82 valence electrons. The summed E-state index contributed by atoms with van der Waals surface area (Å²) in [6, 6.07) is 1.73. The molecule has 0 bridgehead atoms. The van der Waals surface area contributed by atoms with E-state index in [4.69, 9.17) is 32.7 Å². The van der Waals surface area contributed by atoms with Crippen LogP contribution in [0.25, 0.3) is 0 Å². The molecule has 1 aliphatic rings. The van der Waals surface area contributed by atoms with Crippen molar-refractivity contribution < 1.29 is 9.47 Å². The number of hydrogen-bond acceptors (Lipinski definition) is 2. The molecule has 0 radical (unpaired) electrons. The van der Waals surface area contributed by atoms with Crippen LogP contribution in [0.4, 0.5) is 0 Å². The maximum Gasteiger partial charge on any atom is 0.143 e. The third-order valence-electron chi connectivity index (χ3n) is 2.60. The quantitative estimate of drug-likeness (QED) is 0.756. The second-order valence-electron chi connectivity index (χ2n) is 3.66. The summed E-state index contributed by atoms with van der Waals surface area (Å²) in [4.78, 5) is 0. The van der Waals surface area contributed by atoms with E-state index in [1.54, 1.807) is 13.2 Å². The van der Waals surface area contributed by atoms with E-state index in [0.29, 0.717) is 22.4 Å². The highest BCUT2D eigenvalue weighted by molar-refractivity contribution is 6.36. The van der Waals surface area contributed by atoms with Gasteiger partial charge in [0.2, 0.25) is 0 Å². The van der Waals surface area contributed by atoms with Crippen molar-refractivity contribution in [2.45, 2.75) is 26.1 Å². The minimum Gasteiger partial charge on any atom is -0.495 e. The third kappa shape index (κ3) is 1.94. The lowest BCUT2D eigenvalue weighted by atomic mass is 9.99. The van der Waals surface area contributed by atoms with Crippen LogP contribution in [0.5, 0.6) is 5.75 Å². The van der Waals surface area contributed by atoms with E-state index in [1.165, 1.54) is 0 Å². The van der Waals surface area contributed by atoms with Crippen molar-refractivity contribution in [2.75, 3.05) is 7.11 Å². The highest BCUT2D eigenvalue weighted by Gasteiger charge is 2.23. The number of halogens is 2. The maximum atomic E-state index is 6.15. The van der Waals surface area contributed by atoms with Gasteiger partial charge < -0.3 is 9.47 Å². The minimum absolute atomic E-state index is 0.195. The molecule has 2 nitrogen and oxygen atoms in total. The monoisotopic (exact) mass is 246 g/mol. The second kappa shape index (κ2) is 4.20. The first kappa shape index (κ1) is 11.1. The Balaban J connectivity index is 2.57. The molecule has 0 fully saturated rings. The van der Waals surface area contributed by atoms with Gasteiger partial charge in [-0.25, -0.2) is 0 Å². The Morgan fingerprint density at radius 2 is 2.07 bits per heavy atom. The Morgan fingerprint density at radius 3 is 2.73 bits per heavy atom. The van der Waals surface area contributed by atoms with E-state index in [9.17, 15) is 0 Å². The third-order valence-corrected chi connectivity index (χ3v) is 3.22. The van der Waals surface area contributed by atoms with Gasteiger partial charge in [0.1, 0.15) is 5.75 Å². The Hall–Kier alpha value is -0.440. The molecule has 4 heteroatoms. The van der Waals surface area contributed by atoms with Crippen molar-refractivity contribution in [3.05, 3.63) is 27.2 Å². The van der Waals surface area contributed by atoms with Gasteiger partial charge in [0.15, 0.2) is 0 Å². The molecule has 0 spiro atoms. The Morgan fingerprint density at radius 1 is 1.33 bits per heavy atom. The Kier molecular flexibility index (Phi) is 3.10. The molecule has 1 aromatic carbocycles. The van der Waals surface area contributed by atoms with Gasteiger partial charge >= 0.3 is 0 Å².